The molecule has 0 radical (unpaired) electrons. The minimum absolute atomic E-state index is 0.00718. The molecule has 0 atom stereocenters. The Balaban J connectivity index is 2.32. The van der Waals surface area contributed by atoms with Crippen LogP contribution >= 0.6 is 22.6 Å². The lowest BCUT2D eigenvalue weighted by Gasteiger charge is -2.05. The van der Waals surface area contributed by atoms with E-state index in [4.69, 9.17) is 0 Å². The van der Waals surface area contributed by atoms with Gasteiger partial charge in [-0.1, -0.05) is 26.0 Å². The van der Waals surface area contributed by atoms with Crippen molar-refractivity contribution in [1.82, 2.24) is 10.2 Å². The first-order valence-corrected chi connectivity index (χ1v) is 6.69. The van der Waals surface area contributed by atoms with Gasteiger partial charge in [0.25, 0.3) is 5.56 Å². The molecule has 3 nitrogen and oxygen atoms in total. The first-order chi connectivity index (χ1) is 8.08. The molecule has 17 heavy (non-hydrogen) atoms. The molecular formula is C13H15IN2O. The summed E-state index contributed by atoms with van der Waals surface area (Å²) >= 11 is 2.28. The predicted octanol–water partition coefficient (Wildman–Crippen LogP) is 3.02. The third-order valence-corrected chi connectivity index (χ3v) is 3.50. The molecule has 1 heterocycles. The van der Waals surface area contributed by atoms with Crippen molar-refractivity contribution in [1.29, 1.82) is 0 Å². The van der Waals surface area contributed by atoms with Crippen LogP contribution in [0.25, 0.3) is 0 Å². The van der Waals surface area contributed by atoms with E-state index >= 15 is 0 Å². The van der Waals surface area contributed by atoms with Crippen LogP contribution in [0.5, 0.6) is 0 Å². The summed E-state index contributed by atoms with van der Waals surface area (Å²) < 4.78 is 1.21. The lowest BCUT2D eigenvalue weighted by Crippen LogP contribution is -2.08. The van der Waals surface area contributed by atoms with Gasteiger partial charge >= 0.3 is 0 Å². The SMILES string of the molecule is CC(C)c1[nH][nH]c(=O)c1Cc1ccc(I)cc1. The quantitative estimate of drug-likeness (QED) is 0.828. The minimum Gasteiger partial charge on any atom is -0.302 e. The normalized spacial score (nSPS) is 11.1. The molecule has 2 rings (SSSR count). The first kappa shape index (κ1) is 12.4. The number of hydrogen-bond acceptors (Lipinski definition) is 1. The molecular weight excluding hydrogens is 327 g/mol. The summed E-state index contributed by atoms with van der Waals surface area (Å²) in [5, 5.41) is 5.63. The molecule has 4 heteroatoms. The Morgan fingerprint density at radius 1 is 1.18 bits per heavy atom. The summed E-state index contributed by atoms with van der Waals surface area (Å²) in [6.07, 6.45) is 0.684. The zero-order chi connectivity index (χ0) is 12.4. The number of benzene rings is 1. The van der Waals surface area contributed by atoms with E-state index in [0.717, 1.165) is 16.8 Å². The second-order valence-corrected chi connectivity index (χ2v) is 5.67. The monoisotopic (exact) mass is 342 g/mol. The van der Waals surface area contributed by atoms with Crippen LogP contribution in [0.1, 0.15) is 36.6 Å². The minimum atomic E-state index is -0.00718. The molecule has 0 aliphatic carbocycles. The number of aromatic amines is 2. The van der Waals surface area contributed by atoms with Crippen LogP contribution in [0.4, 0.5) is 0 Å². The second-order valence-electron chi connectivity index (χ2n) is 4.43. The van der Waals surface area contributed by atoms with Crippen molar-refractivity contribution in [2.75, 3.05) is 0 Å². The van der Waals surface area contributed by atoms with Gasteiger partial charge in [0.2, 0.25) is 0 Å². The van der Waals surface area contributed by atoms with Crippen LogP contribution in [0.3, 0.4) is 0 Å². The van der Waals surface area contributed by atoms with Crippen molar-refractivity contribution in [3.8, 4) is 0 Å². The lowest BCUT2D eigenvalue weighted by molar-refractivity contribution is 0.799. The van der Waals surface area contributed by atoms with Gasteiger partial charge in [0, 0.05) is 21.2 Å². The average molecular weight is 342 g/mol. The molecule has 0 unspecified atom stereocenters. The van der Waals surface area contributed by atoms with E-state index in [-0.39, 0.29) is 5.56 Å². The molecule has 1 aromatic carbocycles. The third kappa shape index (κ3) is 2.80. The van der Waals surface area contributed by atoms with Gasteiger partial charge in [0.1, 0.15) is 0 Å². The fraction of sp³-hybridized carbons (Fsp3) is 0.308. The topological polar surface area (TPSA) is 48.6 Å². The summed E-state index contributed by atoms with van der Waals surface area (Å²) in [5.41, 5.74) is 3.01. The van der Waals surface area contributed by atoms with Gasteiger partial charge in [-0.05, 0) is 46.2 Å². The summed E-state index contributed by atoms with van der Waals surface area (Å²) in [7, 11) is 0. The predicted molar refractivity (Wildman–Crippen MR) is 77.5 cm³/mol. The van der Waals surface area contributed by atoms with E-state index in [1.807, 2.05) is 0 Å². The van der Waals surface area contributed by atoms with Crippen molar-refractivity contribution >= 4 is 22.6 Å². The molecule has 1 aromatic heterocycles. The smallest absolute Gasteiger partial charge is 0.267 e. The highest BCUT2D eigenvalue weighted by Gasteiger charge is 2.13. The standard InChI is InChI=1S/C13H15IN2O/c1-8(2)12-11(13(17)16-15-12)7-9-3-5-10(14)6-4-9/h3-6,8H,7H2,1-2H3,(H2,15,16,17). The Hall–Kier alpha value is -1.04. The molecule has 0 spiro atoms. The van der Waals surface area contributed by atoms with Crippen LogP contribution in [0.15, 0.2) is 29.1 Å². The van der Waals surface area contributed by atoms with Crippen LogP contribution in [0, 0.1) is 3.57 Å². The summed E-state index contributed by atoms with van der Waals surface area (Å²) in [5.74, 6) is 0.327. The van der Waals surface area contributed by atoms with Gasteiger partial charge in [-0.15, -0.1) is 0 Å². The van der Waals surface area contributed by atoms with Crippen LogP contribution < -0.4 is 5.56 Å². The number of H-pyrrole nitrogens is 2. The van der Waals surface area contributed by atoms with Crippen molar-refractivity contribution in [3.05, 3.63) is 55.0 Å². The third-order valence-electron chi connectivity index (χ3n) is 2.78. The highest BCUT2D eigenvalue weighted by Crippen LogP contribution is 2.17. The maximum absolute atomic E-state index is 11.7. The number of nitrogens with one attached hydrogen (secondary N) is 2. The van der Waals surface area contributed by atoms with Crippen molar-refractivity contribution in [2.45, 2.75) is 26.2 Å². The van der Waals surface area contributed by atoms with E-state index in [1.54, 1.807) is 0 Å². The fourth-order valence-corrected chi connectivity index (χ4v) is 2.23. The average Bonchev–Trinajstić information content (AvgIpc) is 2.64. The van der Waals surface area contributed by atoms with Gasteiger partial charge < -0.3 is 5.10 Å². The van der Waals surface area contributed by atoms with Gasteiger partial charge in [0.05, 0.1) is 0 Å². The van der Waals surface area contributed by atoms with Crippen LogP contribution in [0.2, 0.25) is 0 Å². The second kappa shape index (κ2) is 5.08. The number of rotatable bonds is 3. The van der Waals surface area contributed by atoms with E-state index in [0.29, 0.717) is 12.3 Å². The molecule has 2 aromatic rings. The van der Waals surface area contributed by atoms with E-state index in [2.05, 4.69) is 70.9 Å². The highest BCUT2D eigenvalue weighted by molar-refractivity contribution is 14.1. The van der Waals surface area contributed by atoms with Gasteiger partial charge in [-0.2, -0.15) is 0 Å². The Morgan fingerprint density at radius 3 is 2.41 bits per heavy atom. The Morgan fingerprint density at radius 2 is 1.82 bits per heavy atom. The van der Waals surface area contributed by atoms with E-state index in [9.17, 15) is 4.79 Å². The Bertz CT molecular complexity index is 552. The number of halogens is 1. The van der Waals surface area contributed by atoms with E-state index in [1.165, 1.54) is 3.57 Å². The highest BCUT2D eigenvalue weighted by atomic mass is 127. The zero-order valence-electron chi connectivity index (χ0n) is 9.88. The maximum atomic E-state index is 11.7. The van der Waals surface area contributed by atoms with Crippen molar-refractivity contribution in [3.63, 3.8) is 0 Å². The lowest BCUT2D eigenvalue weighted by atomic mass is 10.0. The Labute approximate surface area is 114 Å². The zero-order valence-corrected chi connectivity index (χ0v) is 12.0. The largest absolute Gasteiger partial charge is 0.302 e. The van der Waals surface area contributed by atoms with E-state index < -0.39 is 0 Å². The molecule has 0 aliphatic rings. The van der Waals surface area contributed by atoms with Crippen LogP contribution in [-0.4, -0.2) is 10.2 Å². The molecule has 2 N–H and O–H groups in total. The Kier molecular flexibility index (Phi) is 3.71. The number of hydrogen-bond donors (Lipinski definition) is 2. The molecule has 0 bridgehead atoms. The van der Waals surface area contributed by atoms with Gasteiger partial charge in [-0.3, -0.25) is 9.89 Å². The fourth-order valence-electron chi connectivity index (χ4n) is 1.87. The molecule has 0 saturated carbocycles. The molecule has 0 saturated heterocycles. The molecule has 0 amide bonds. The van der Waals surface area contributed by atoms with Gasteiger partial charge in [-0.25, -0.2) is 0 Å². The molecule has 0 fully saturated rings. The first-order valence-electron chi connectivity index (χ1n) is 5.61. The molecule has 90 valence electrons. The van der Waals surface area contributed by atoms with Crippen LogP contribution in [-0.2, 0) is 6.42 Å². The van der Waals surface area contributed by atoms with Crippen molar-refractivity contribution in [2.24, 2.45) is 0 Å². The van der Waals surface area contributed by atoms with Gasteiger partial charge in [0.15, 0.2) is 0 Å². The summed E-state index contributed by atoms with van der Waals surface area (Å²) in [4.78, 5) is 11.7. The molecule has 0 aliphatic heterocycles. The summed E-state index contributed by atoms with van der Waals surface area (Å²) in [6.45, 7) is 4.16. The maximum Gasteiger partial charge on any atom is 0.267 e. The summed E-state index contributed by atoms with van der Waals surface area (Å²) in [6, 6.07) is 8.26. The van der Waals surface area contributed by atoms with Crippen molar-refractivity contribution < 1.29 is 0 Å². The number of aromatic nitrogens is 2.